The van der Waals surface area contributed by atoms with Gasteiger partial charge in [0.1, 0.15) is 29.1 Å². The summed E-state index contributed by atoms with van der Waals surface area (Å²) < 4.78 is 28.9. The van der Waals surface area contributed by atoms with Crippen LogP contribution >= 0.6 is 0 Å². The summed E-state index contributed by atoms with van der Waals surface area (Å²) in [6.07, 6.45) is 7.19. The van der Waals surface area contributed by atoms with E-state index in [0.29, 0.717) is 24.2 Å². The number of amides is 1. The maximum atomic E-state index is 14.8. The third kappa shape index (κ3) is 7.70. The molecule has 2 aliphatic heterocycles. The van der Waals surface area contributed by atoms with Crippen LogP contribution in [0.25, 0.3) is 0 Å². The van der Waals surface area contributed by atoms with Crippen molar-refractivity contribution in [1.82, 2.24) is 5.32 Å². The number of carbonyl (C=O) groups is 5. The Hall–Kier alpha value is -5.13. The fourth-order valence-corrected chi connectivity index (χ4v) is 6.63. The highest BCUT2D eigenvalue weighted by atomic mass is 16.7. The molecule has 4 atom stereocenters. The Bertz CT molecular complexity index is 1900. The van der Waals surface area contributed by atoms with Gasteiger partial charge in [0.2, 0.25) is 11.7 Å². The standard InChI is InChI=1S/C41H45NO10/c1-8-25-11-15-29(43)34-33-28(20-24(4)39(34)51-22-48-6)37(45)36-35(38(33)46)41(5,18-17-32(44)42-36)40(47)52-30(16-12-25)31(19-23(2)3)50-21-26-9-13-27(49-7)14-10-26/h9-10,12-14,16-20,25,30-31H,8,11,15,21-22H2,1-7H3,(H,42,44)/b16-12+/t25-,30+,31+,41+/m1/s1. The zero-order valence-electron chi connectivity index (χ0n) is 30.6. The molecule has 3 aliphatic rings. The van der Waals surface area contributed by atoms with E-state index in [0.717, 1.165) is 17.2 Å². The molecule has 1 aliphatic carbocycles. The van der Waals surface area contributed by atoms with E-state index in [2.05, 4.69) is 5.32 Å². The van der Waals surface area contributed by atoms with E-state index in [9.17, 15) is 24.0 Å². The van der Waals surface area contributed by atoms with Crippen LogP contribution in [0, 0.1) is 18.3 Å². The van der Waals surface area contributed by atoms with Gasteiger partial charge in [0.15, 0.2) is 18.4 Å². The Balaban J connectivity index is 1.68. The van der Waals surface area contributed by atoms with Crippen molar-refractivity contribution in [2.45, 2.75) is 72.7 Å². The number of hydrogen-bond donors (Lipinski definition) is 1. The monoisotopic (exact) mass is 711 g/mol. The molecule has 274 valence electrons. The lowest BCUT2D eigenvalue weighted by molar-refractivity contribution is -0.158. The number of carbonyl (C=O) groups excluding carboxylic acids is 5. The fraction of sp³-hybridized carbons (Fsp3) is 0.390. The van der Waals surface area contributed by atoms with Gasteiger partial charge < -0.3 is 29.0 Å². The molecule has 2 bridgehead atoms. The number of benzene rings is 2. The van der Waals surface area contributed by atoms with Crippen LogP contribution in [-0.2, 0) is 30.4 Å². The van der Waals surface area contributed by atoms with Crippen molar-refractivity contribution in [2.24, 2.45) is 11.3 Å². The highest BCUT2D eigenvalue weighted by molar-refractivity contribution is 6.32. The molecule has 2 aromatic carbocycles. The molecule has 0 spiro atoms. The van der Waals surface area contributed by atoms with Crippen molar-refractivity contribution >= 4 is 29.2 Å². The number of hydrogen-bond acceptors (Lipinski definition) is 10. The summed E-state index contributed by atoms with van der Waals surface area (Å²) in [4.78, 5) is 70.9. The zero-order chi connectivity index (χ0) is 37.7. The predicted molar refractivity (Wildman–Crippen MR) is 192 cm³/mol. The number of rotatable bonds is 10. The van der Waals surface area contributed by atoms with E-state index >= 15 is 0 Å². The van der Waals surface area contributed by atoms with Gasteiger partial charge in [-0.3, -0.25) is 24.0 Å². The van der Waals surface area contributed by atoms with Crippen LogP contribution in [0.2, 0.25) is 0 Å². The highest BCUT2D eigenvalue weighted by Crippen LogP contribution is 2.44. The average molecular weight is 712 g/mol. The molecule has 2 aromatic rings. The molecule has 2 heterocycles. The maximum Gasteiger partial charge on any atom is 0.321 e. The van der Waals surface area contributed by atoms with Crippen LogP contribution in [-0.4, -0.2) is 62.4 Å². The summed E-state index contributed by atoms with van der Waals surface area (Å²) in [6, 6.07) is 8.85. The summed E-state index contributed by atoms with van der Waals surface area (Å²) in [6.45, 7) is 8.83. The van der Waals surface area contributed by atoms with Crippen LogP contribution in [0.15, 0.2) is 77.6 Å². The van der Waals surface area contributed by atoms with E-state index in [1.807, 2.05) is 57.2 Å². The third-order valence-electron chi connectivity index (χ3n) is 9.51. The van der Waals surface area contributed by atoms with Gasteiger partial charge in [-0.25, -0.2) is 0 Å². The van der Waals surface area contributed by atoms with Gasteiger partial charge in [0.05, 0.1) is 25.0 Å². The van der Waals surface area contributed by atoms with Crippen LogP contribution in [0.5, 0.6) is 11.5 Å². The molecule has 0 aromatic heterocycles. The average Bonchev–Trinajstić information content (AvgIpc) is 3.26. The molecule has 0 unspecified atom stereocenters. The van der Waals surface area contributed by atoms with E-state index in [4.69, 9.17) is 23.7 Å². The van der Waals surface area contributed by atoms with Crippen LogP contribution < -0.4 is 14.8 Å². The first-order chi connectivity index (χ1) is 24.8. The van der Waals surface area contributed by atoms with E-state index in [-0.39, 0.29) is 59.4 Å². The van der Waals surface area contributed by atoms with Gasteiger partial charge in [-0.05, 0) is 81.9 Å². The lowest BCUT2D eigenvalue weighted by atomic mass is 9.71. The Morgan fingerprint density at radius 2 is 1.77 bits per heavy atom. The number of cyclic esters (lactones) is 1. The fourth-order valence-electron chi connectivity index (χ4n) is 6.63. The highest BCUT2D eigenvalue weighted by Gasteiger charge is 2.50. The zero-order valence-corrected chi connectivity index (χ0v) is 30.6. The predicted octanol–water partition coefficient (Wildman–Crippen LogP) is 6.33. The number of ether oxygens (including phenoxy) is 5. The SMILES string of the molecule is CC[C@H]1/C=C/[C@@H]([C@H](C=C(C)C)OCc2ccc(OC)cc2)OC(=O)[C@@]2(C)C=CC(=O)NC3=C2C(=O)c2c(cc(C)c(OCOC)c2C(=O)CC1)C3=O. The van der Waals surface area contributed by atoms with Crippen molar-refractivity contribution in [1.29, 1.82) is 0 Å². The molecule has 52 heavy (non-hydrogen) atoms. The summed E-state index contributed by atoms with van der Waals surface area (Å²) in [5.74, 6) is -2.80. The Morgan fingerprint density at radius 1 is 1.04 bits per heavy atom. The molecule has 1 N–H and O–H groups in total. The molecule has 0 radical (unpaired) electrons. The van der Waals surface area contributed by atoms with Crippen molar-refractivity contribution < 1.29 is 47.7 Å². The molecule has 0 saturated heterocycles. The Morgan fingerprint density at radius 3 is 2.42 bits per heavy atom. The minimum absolute atomic E-state index is 0.0270. The number of allylic oxidation sites excluding steroid dienone is 3. The van der Waals surface area contributed by atoms with Crippen molar-refractivity contribution in [3.63, 3.8) is 0 Å². The Labute approximate surface area is 303 Å². The minimum atomic E-state index is -1.94. The summed E-state index contributed by atoms with van der Waals surface area (Å²) in [5, 5.41) is 2.52. The molecule has 1 amide bonds. The first-order valence-electron chi connectivity index (χ1n) is 17.3. The third-order valence-corrected chi connectivity index (χ3v) is 9.51. The minimum Gasteiger partial charge on any atom is -0.497 e. The lowest BCUT2D eigenvalue weighted by Crippen LogP contribution is -2.43. The number of methoxy groups -OCH3 is 2. The summed E-state index contributed by atoms with van der Waals surface area (Å²) in [5.41, 5.74) is -0.719. The lowest BCUT2D eigenvalue weighted by Gasteiger charge is -2.33. The van der Waals surface area contributed by atoms with Gasteiger partial charge in [0.25, 0.3) is 0 Å². The topological polar surface area (TPSA) is 144 Å². The van der Waals surface area contributed by atoms with Gasteiger partial charge in [-0.15, -0.1) is 0 Å². The van der Waals surface area contributed by atoms with Gasteiger partial charge in [-0.1, -0.05) is 42.9 Å². The molecule has 11 heteroatoms. The van der Waals surface area contributed by atoms with E-state index in [1.54, 1.807) is 20.1 Å². The van der Waals surface area contributed by atoms with Crippen molar-refractivity contribution in [2.75, 3.05) is 21.0 Å². The molecule has 0 saturated carbocycles. The van der Waals surface area contributed by atoms with Crippen LogP contribution in [0.4, 0.5) is 0 Å². The largest absolute Gasteiger partial charge is 0.497 e. The number of ketones is 3. The van der Waals surface area contributed by atoms with Crippen LogP contribution in [0.1, 0.15) is 89.2 Å². The van der Waals surface area contributed by atoms with Crippen molar-refractivity contribution in [3.8, 4) is 11.5 Å². The number of nitrogens with one attached hydrogen (secondary N) is 1. The maximum absolute atomic E-state index is 14.8. The van der Waals surface area contributed by atoms with Gasteiger partial charge in [-0.2, -0.15) is 0 Å². The summed E-state index contributed by atoms with van der Waals surface area (Å²) in [7, 11) is 3.01. The van der Waals surface area contributed by atoms with Crippen LogP contribution in [0.3, 0.4) is 0 Å². The molecule has 11 nitrogen and oxygen atoms in total. The van der Waals surface area contributed by atoms with E-state index < -0.39 is 46.8 Å². The normalized spacial score (nSPS) is 22.9. The molecular formula is C41H45NO10. The molecule has 0 fully saturated rings. The van der Waals surface area contributed by atoms with Gasteiger partial charge in [0, 0.05) is 36.3 Å². The quantitative estimate of drug-likeness (QED) is 0.169. The second kappa shape index (κ2) is 16.0. The van der Waals surface area contributed by atoms with E-state index in [1.165, 1.54) is 26.2 Å². The number of esters is 1. The number of Topliss-reactive ketones (excluding diaryl/α,β-unsaturated/α-hetero) is 3. The Kier molecular flexibility index (Phi) is 11.8. The van der Waals surface area contributed by atoms with Gasteiger partial charge >= 0.3 is 5.97 Å². The number of aryl methyl sites for hydroxylation is 1. The first-order valence-corrected chi connectivity index (χ1v) is 17.3. The van der Waals surface area contributed by atoms with Crippen molar-refractivity contribution in [3.05, 3.63) is 105 Å². The molecule has 5 rings (SSSR count). The second-order valence-electron chi connectivity index (χ2n) is 13.6. The second-order valence-corrected chi connectivity index (χ2v) is 13.6. The summed E-state index contributed by atoms with van der Waals surface area (Å²) >= 11 is 0. The molecular weight excluding hydrogens is 666 g/mol. The first kappa shape index (κ1) is 38.1. The smallest absolute Gasteiger partial charge is 0.321 e.